The molecule has 1 aromatic heterocycles. The molecule has 0 fully saturated rings. The van der Waals surface area contributed by atoms with E-state index < -0.39 is 23.7 Å². The van der Waals surface area contributed by atoms with Crippen molar-refractivity contribution in [1.29, 1.82) is 0 Å². The number of amides is 1. The molecular weight excluding hydrogens is 320 g/mol. The van der Waals surface area contributed by atoms with Crippen LogP contribution < -0.4 is 0 Å². The summed E-state index contributed by atoms with van der Waals surface area (Å²) in [6.07, 6.45) is -0.769. The first-order valence-corrected chi connectivity index (χ1v) is 7.76. The van der Waals surface area contributed by atoms with Gasteiger partial charge in [0.25, 0.3) is 0 Å². The van der Waals surface area contributed by atoms with Crippen LogP contribution in [0.2, 0.25) is 5.02 Å². The molecule has 1 aliphatic heterocycles. The van der Waals surface area contributed by atoms with E-state index in [0.717, 1.165) is 11.1 Å². The monoisotopic (exact) mass is 340 g/mol. The van der Waals surface area contributed by atoms with E-state index in [1.54, 1.807) is 27.7 Å². The van der Waals surface area contributed by atoms with E-state index in [1.165, 1.54) is 4.90 Å². The first-order chi connectivity index (χ1) is 10.5. The van der Waals surface area contributed by atoms with Crippen LogP contribution in [0.15, 0.2) is 0 Å². The molecule has 0 aliphatic carbocycles. The van der Waals surface area contributed by atoms with Crippen molar-refractivity contribution in [1.82, 2.24) is 9.88 Å². The molecule has 2 heterocycles. The molecule has 1 atom stereocenters. The fourth-order valence-corrected chi connectivity index (χ4v) is 2.84. The Labute approximate surface area is 140 Å². The molecule has 126 valence electrons. The van der Waals surface area contributed by atoms with Crippen LogP contribution >= 0.6 is 11.6 Å². The Morgan fingerprint density at radius 3 is 2.52 bits per heavy atom. The summed E-state index contributed by atoms with van der Waals surface area (Å²) in [7, 11) is 0. The maximum absolute atomic E-state index is 12.5. The Morgan fingerprint density at radius 2 is 2.00 bits per heavy atom. The number of ether oxygens (including phenoxy) is 1. The minimum Gasteiger partial charge on any atom is -0.481 e. The first-order valence-electron chi connectivity index (χ1n) is 7.38. The number of halogens is 1. The number of rotatable bonds is 2. The number of hydrogen-bond acceptors (Lipinski definition) is 4. The van der Waals surface area contributed by atoms with Gasteiger partial charge in [-0.1, -0.05) is 11.6 Å². The highest BCUT2D eigenvalue weighted by molar-refractivity contribution is 6.32. The van der Waals surface area contributed by atoms with Crippen molar-refractivity contribution in [2.45, 2.75) is 59.2 Å². The van der Waals surface area contributed by atoms with Gasteiger partial charge in [0.2, 0.25) is 0 Å². The fourth-order valence-electron chi connectivity index (χ4n) is 2.68. The average Bonchev–Trinajstić information content (AvgIpc) is 2.73. The largest absolute Gasteiger partial charge is 0.481 e. The van der Waals surface area contributed by atoms with E-state index in [-0.39, 0.29) is 13.0 Å². The van der Waals surface area contributed by atoms with Gasteiger partial charge in [-0.2, -0.15) is 0 Å². The SMILES string of the molecule is Cc1nc2c(c(C)c1Cl)CN(C(=O)OC(C)(C)C)C2CC(=O)O. The molecule has 2 rings (SSSR count). The number of aliphatic carboxylic acids is 1. The topological polar surface area (TPSA) is 79.7 Å². The maximum Gasteiger partial charge on any atom is 0.411 e. The summed E-state index contributed by atoms with van der Waals surface area (Å²) in [5.41, 5.74) is 2.20. The van der Waals surface area contributed by atoms with Crippen molar-refractivity contribution in [3.63, 3.8) is 0 Å². The Hall–Kier alpha value is -1.82. The second-order valence-electron chi connectivity index (χ2n) is 6.72. The van der Waals surface area contributed by atoms with E-state index in [2.05, 4.69) is 4.98 Å². The molecule has 0 saturated heterocycles. The van der Waals surface area contributed by atoms with Crippen LogP contribution in [0, 0.1) is 13.8 Å². The lowest BCUT2D eigenvalue weighted by Crippen LogP contribution is -2.36. The molecule has 23 heavy (non-hydrogen) atoms. The van der Waals surface area contributed by atoms with E-state index >= 15 is 0 Å². The third-order valence-corrected chi connectivity index (χ3v) is 4.27. The summed E-state index contributed by atoms with van der Waals surface area (Å²) in [5, 5.41) is 9.74. The highest BCUT2D eigenvalue weighted by Gasteiger charge is 2.40. The van der Waals surface area contributed by atoms with Crippen molar-refractivity contribution in [3.05, 3.63) is 27.5 Å². The molecule has 1 aromatic rings. The predicted octanol–water partition coefficient (Wildman–Crippen LogP) is 3.62. The normalized spacial score (nSPS) is 17.1. The van der Waals surface area contributed by atoms with Crippen molar-refractivity contribution in [3.8, 4) is 0 Å². The molecule has 1 unspecified atom stereocenters. The van der Waals surface area contributed by atoms with Crippen LogP contribution in [0.5, 0.6) is 0 Å². The molecule has 0 spiro atoms. The van der Waals surface area contributed by atoms with Gasteiger partial charge in [-0.15, -0.1) is 0 Å². The number of hydrogen-bond donors (Lipinski definition) is 1. The number of carbonyl (C=O) groups is 2. The average molecular weight is 341 g/mol. The standard InChI is InChI=1S/C16H21ClN2O4/c1-8-10-7-19(15(22)23-16(3,4)5)11(6-12(20)21)14(10)18-9(2)13(8)17/h11H,6-7H2,1-5H3,(H,20,21). The number of carbonyl (C=O) groups excluding carboxylic acids is 1. The highest BCUT2D eigenvalue weighted by Crippen LogP contribution is 2.39. The lowest BCUT2D eigenvalue weighted by Gasteiger charge is -2.27. The first kappa shape index (κ1) is 17.5. The third-order valence-electron chi connectivity index (χ3n) is 3.71. The van der Waals surface area contributed by atoms with Crippen molar-refractivity contribution < 1.29 is 19.4 Å². The van der Waals surface area contributed by atoms with Gasteiger partial charge in [0.1, 0.15) is 5.60 Å². The van der Waals surface area contributed by atoms with Crippen molar-refractivity contribution in [2.24, 2.45) is 0 Å². The minimum absolute atomic E-state index is 0.222. The molecule has 0 radical (unpaired) electrons. The number of aryl methyl sites for hydroxylation is 1. The molecule has 0 bridgehead atoms. The summed E-state index contributed by atoms with van der Waals surface area (Å²) >= 11 is 6.24. The van der Waals surface area contributed by atoms with Gasteiger partial charge >= 0.3 is 12.1 Å². The Kier molecular flexibility index (Phi) is 4.57. The smallest absolute Gasteiger partial charge is 0.411 e. The van der Waals surface area contributed by atoms with Gasteiger partial charge in [0.15, 0.2) is 0 Å². The van der Waals surface area contributed by atoms with Crippen LogP contribution in [0.4, 0.5) is 4.79 Å². The molecular formula is C16H21ClN2O4. The molecule has 0 saturated carbocycles. The number of aromatic nitrogens is 1. The van der Waals surface area contributed by atoms with Gasteiger partial charge in [-0.05, 0) is 45.7 Å². The van der Waals surface area contributed by atoms with Crippen LogP contribution in [0.25, 0.3) is 0 Å². The minimum atomic E-state index is -0.997. The molecule has 1 amide bonds. The Balaban J connectivity index is 2.44. The molecule has 1 aliphatic rings. The Morgan fingerprint density at radius 1 is 1.39 bits per heavy atom. The van der Waals surface area contributed by atoms with Crippen molar-refractivity contribution >= 4 is 23.7 Å². The van der Waals surface area contributed by atoms with Crippen molar-refractivity contribution in [2.75, 3.05) is 0 Å². The number of carboxylic acid groups (broad SMARTS) is 1. The zero-order chi connectivity index (χ0) is 17.5. The quantitative estimate of drug-likeness (QED) is 0.889. The number of pyridine rings is 1. The summed E-state index contributed by atoms with van der Waals surface area (Å²) in [6, 6.07) is -0.646. The lowest BCUT2D eigenvalue weighted by molar-refractivity contribution is -0.138. The zero-order valence-electron chi connectivity index (χ0n) is 13.9. The molecule has 1 N–H and O–H groups in total. The number of nitrogens with zero attached hydrogens (tertiary/aromatic N) is 2. The van der Waals surface area contributed by atoms with Gasteiger partial charge in [0, 0.05) is 0 Å². The second-order valence-corrected chi connectivity index (χ2v) is 7.10. The molecule has 0 aromatic carbocycles. The van der Waals surface area contributed by atoms with E-state index in [4.69, 9.17) is 16.3 Å². The predicted molar refractivity (Wildman–Crippen MR) is 85.5 cm³/mol. The summed E-state index contributed by atoms with van der Waals surface area (Å²) in [5.74, 6) is -0.997. The van der Waals surface area contributed by atoms with Crippen LogP contribution in [-0.4, -0.2) is 32.7 Å². The molecule has 6 nitrogen and oxygen atoms in total. The van der Waals surface area contributed by atoms with Crippen LogP contribution in [-0.2, 0) is 16.1 Å². The van der Waals surface area contributed by atoms with Gasteiger partial charge in [-0.3, -0.25) is 14.7 Å². The summed E-state index contributed by atoms with van der Waals surface area (Å²) < 4.78 is 5.40. The number of fused-ring (bicyclic) bond motifs is 1. The third kappa shape index (κ3) is 3.58. The number of carboxylic acids is 1. The summed E-state index contributed by atoms with van der Waals surface area (Å²) in [6.45, 7) is 9.18. The lowest BCUT2D eigenvalue weighted by atomic mass is 10.0. The fraction of sp³-hybridized carbons (Fsp3) is 0.562. The second kappa shape index (κ2) is 6.00. The van der Waals surface area contributed by atoms with Crippen LogP contribution in [0.1, 0.15) is 55.7 Å². The zero-order valence-corrected chi connectivity index (χ0v) is 14.7. The highest BCUT2D eigenvalue weighted by atomic mass is 35.5. The Bertz CT molecular complexity index is 667. The maximum atomic E-state index is 12.5. The van der Waals surface area contributed by atoms with Crippen LogP contribution in [0.3, 0.4) is 0 Å². The van der Waals surface area contributed by atoms with Gasteiger partial charge in [0.05, 0.1) is 35.4 Å². The van der Waals surface area contributed by atoms with Gasteiger partial charge in [-0.25, -0.2) is 4.79 Å². The molecule has 7 heteroatoms. The van der Waals surface area contributed by atoms with E-state index in [1.807, 2.05) is 6.92 Å². The van der Waals surface area contributed by atoms with E-state index in [9.17, 15) is 14.7 Å². The summed E-state index contributed by atoms with van der Waals surface area (Å²) in [4.78, 5) is 29.5. The van der Waals surface area contributed by atoms with E-state index in [0.29, 0.717) is 16.4 Å². The van der Waals surface area contributed by atoms with Gasteiger partial charge < -0.3 is 9.84 Å².